The lowest BCUT2D eigenvalue weighted by atomic mass is 10.4. The number of hydrogen-bond acceptors (Lipinski definition) is 3. The van der Waals surface area contributed by atoms with Crippen LogP contribution in [0, 0.1) is 5.95 Å². The van der Waals surface area contributed by atoms with E-state index in [1.807, 2.05) is 0 Å². The fourth-order valence-corrected chi connectivity index (χ4v) is 0.928. The van der Waals surface area contributed by atoms with E-state index >= 15 is 0 Å². The smallest absolute Gasteiger partial charge is 0.277 e. The summed E-state index contributed by atoms with van der Waals surface area (Å²) in [7, 11) is 0. The Bertz CT molecular complexity index is 479. The van der Waals surface area contributed by atoms with E-state index in [4.69, 9.17) is 0 Å². The van der Waals surface area contributed by atoms with Crippen LogP contribution in [0.4, 0.5) is 4.39 Å². The molecule has 0 saturated heterocycles. The number of fused-ring (bicyclic) bond motifs is 1. The standard InChI is InChI=1S/C7H4FN3O/c8-5-2-1-4-6(11-5)7(12)10-3-9-4/h1-3H,(H,9,10,12). The summed E-state index contributed by atoms with van der Waals surface area (Å²) in [6.45, 7) is 0. The molecule has 2 rings (SSSR count). The van der Waals surface area contributed by atoms with Crippen molar-refractivity contribution in [1.82, 2.24) is 15.0 Å². The fraction of sp³-hybridized carbons (Fsp3) is 0. The average Bonchev–Trinajstić information content (AvgIpc) is 2.07. The minimum absolute atomic E-state index is 0.0255. The molecule has 0 saturated carbocycles. The number of nitrogens with one attached hydrogen (secondary N) is 1. The van der Waals surface area contributed by atoms with Crippen LogP contribution < -0.4 is 5.56 Å². The number of pyridine rings is 1. The highest BCUT2D eigenvalue weighted by Gasteiger charge is 2.00. The van der Waals surface area contributed by atoms with Crippen LogP contribution in [0.3, 0.4) is 0 Å². The van der Waals surface area contributed by atoms with Gasteiger partial charge in [0.2, 0.25) is 5.95 Å². The number of hydrogen-bond donors (Lipinski definition) is 1. The summed E-state index contributed by atoms with van der Waals surface area (Å²) in [6, 6.07) is 2.57. The Morgan fingerprint density at radius 3 is 3.08 bits per heavy atom. The maximum Gasteiger partial charge on any atom is 0.277 e. The van der Waals surface area contributed by atoms with Crippen molar-refractivity contribution in [2.24, 2.45) is 0 Å². The number of nitrogens with zero attached hydrogens (tertiary/aromatic N) is 2. The molecule has 0 aliphatic rings. The Morgan fingerprint density at radius 1 is 1.42 bits per heavy atom. The van der Waals surface area contributed by atoms with E-state index in [-0.39, 0.29) is 5.52 Å². The van der Waals surface area contributed by atoms with Gasteiger partial charge >= 0.3 is 0 Å². The summed E-state index contributed by atoms with van der Waals surface area (Å²) < 4.78 is 12.5. The maximum absolute atomic E-state index is 12.5. The lowest BCUT2D eigenvalue weighted by molar-refractivity contribution is 0.588. The Balaban J connectivity index is 2.98. The van der Waals surface area contributed by atoms with Crippen molar-refractivity contribution < 1.29 is 4.39 Å². The highest BCUT2D eigenvalue weighted by molar-refractivity contribution is 5.71. The summed E-state index contributed by atoms with van der Waals surface area (Å²) in [4.78, 5) is 20.5. The second-order valence-electron chi connectivity index (χ2n) is 2.23. The molecule has 0 aliphatic heterocycles. The molecule has 0 unspecified atom stereocenters. The van der Waals surface area contributed by atoms with Crippen LogP contribution in [0.25, 0.3) is 11.0 Å². The van der Waals surface area contributed by atoms with Gasteiger partial charge in [0, 0.05) is 0 Å². The highest BCUT2D eigenvalue weighted by atomic mass is 19.1. The molecule has 0 atom stereocenters. The maximum atomic E-state index is 12.5. The molecule has 0 aromatic carbocycles. The summed E-state index contributed by atoms with van der Waals surface area (Å²) in [6.07, 6.45) is 1.25. The topological polar surface area (TPSA) is 58.6 Å². The summed E-state index contributed by atoms with van der Waals surface area (Å²) in [5.74, 6) is -0.680. The molecule has 0 bridgehead atoms. The molecule has 12 heavy (non-hydrogen) atoms. The summed E-state index contributed by atoms with van der Waals surface area (Å²) in [5.41, 5.74) is -0.0165. The highest BCUT2D eigenvalue weighted by Crippen LogP contribution is 2.02. The van der Waals surface area contributed by atoms with Crippen molar-refractivity contribution in [1.29, 1.82) is 0 Å². The molecule has 2 aromatic heterocycles. The van der Waals surface area contributed by atoms with Crippen molar-refractivity contribution in [3.8, 4) is 0 Å². The molecule has 2 heterocycles. The van der Waals surface area contributed by atoms with Gasteiger partial charge in [-0.1, -0.05) is 0 Å². The Kier molecular flexibility index (Phi) is 1.36. The normalized spacial score (nSPS) is 10.4. The van der Waals surface area contributed by atoms with Crippen molar-refractivity contribution in [3.05, 3.63) is 34.8 Å². The lowest BCUT2D eigenvalue weighted by Crippen LogP contribution is -2.08. The van der Waals surface area contributed by atoms with Gasteiger partial charge in [0.15, 0.2) is 5.52 Å². The lowest BCUT2D eigenvalue weighted by Gasteiger charge is -1.92. The summed E-state index contributed by atoms with van der Waals surface area (Å²) in [5, 5.41) is 0. The Morgan fingerprint density at radius 2 is 2.25 bits per heavy atom. The quantitative estimate of drug-likeness (QED) is 0.577. The van der Waals surface area contributed by atoms with Gasteiger partial charge in [-0.25, -0.2) is 9.97 Å². The molecule has 2 aromatic rings. The van der Waals surface area contributed by atoms with Gasteiger partial charge in [-0.15, -0.1) is 0 Å². The van der Waals surface area contributed by atoms with Crippen LogP contribution in [-0.2, 0) is 0 Å². The van der Waals surface area contributed by atoms with E-state index in [1.165, 1.54) is 12.4 Å². The first kappa shape index (κ1) is 6.90. The third-order valence-electron chi connectivity index (χ3n) is 1.45. The Labute approximate surface area is 66.1 Å². The molecular weight excluding hydrogens is 161 g/mol. The Hall–Kier alpha value is -1.78. The number of rotatable bonds is 0. The molecule has 0 fully saturated rings. The molecule has 0 amide bonds. The van der Waals surface area contributed by atoms with Gasteiger partial charge < -0.3 is 4.98 Å². The van der Waals surface area contributed by atoms with Crippen LogP contribution in [0.15, 0.2) is 23.3 Å². The summed E-state index contributed by atoms with van der Waals surface area (Å²) >= 11 is 0. The second kappa shape index (κ2) is 2.37. The third kappa shape index (κ3) is 0.952. The van der Waals surface area contributed by atoms with E-state index in [0.29, 0.717) is 5.52 Å². The van der Waals surface area contributed by atoms with Gasteiger partial charge in [0.1, 0.15) is 0 Å². The van der Waals surface area contributed by atoms with Gasteiger partial charge in [0.25, 0.3) is 5.56 Å². The first-order valence-corrected chi connectivity index (χ1v) is 3.27. The van der Waals surface area contributed by atoms with Crippen molar-refractivity contribution in [3.63, 3.8) is 0 Å². The predicted octanol–water partition coefficient (Wildman–Crippen LogP) is 0.457. The number of aromatic nitrogens is 3. The van der Waals surface area contributed by atoms with Gasteiger partial charge in [-0.05, 0) is 12.1 Å². The predicted molar refractivity (Wildman–Crippen MR) is 40.1 cm³/mol. The van der Waals surface area contributed by atoms with Crippen molar-refractivity contribution in [2.45, 2.75) is 0 Å². The van der Waals surface area contributed by atoms with Gasteiger partial charge in [0.05, 0.1) is 11.8 Å². The zero-order valence-electron chi connectivity index (χ0n) is 5.91. The van der Waals surface area contributed by atoms with Crippen molar-refractivity contribution >= 4 is 11.0 Å². The monoisotopic (exact) mass is 165 g/mol. The first-order chi connectivity index (χ1) is 5.77. The van der Waals surface area contributed by atoms with Crippen LogP contribution in [0.1, 0.15) is 0 Å². The SMILES string of the molecule is O=c1[nH]cnc2ccc(F)nc12. The first-order valence-electron chi connectivity index (χ1n) is 3.27. The largest absolute Gasteiger partial charge is 0.311 e. The zero-order valence-corrected chi connectivity index (χ0v) is 5.91. The van der Waals surface area contributed by atoms with Crippen LogP contribution in [0.2, 0.25) is 0 Å². The molecule has 5 heteroatoms. The van der Waals surface area contributed by atoms with E-state index < -0.39 is 11.5 Å². The molecule has 0 spiro atoms. The second-order valence-corrected chi connectivity index (χ2v) is 2.23. The molecule has 60 valence electrons. The van der Waals surface area contributed by atoms with Crippen molar-refractivity contribution in [2.75, 3.05) is 0 Å². The van der Waals surface area contributed by atoms with Crippen LogP contribution >= 0.6 is 0 Å². The van der Waals surface area contributed by atoms with Gasteiger partial charge in [-0.2, -0.15) is 4.39 Å². The minimum atomic E-state index is -0.680. The zero-order chi connectivity index (χ0) is 8.55. The number of H-pyrrole nitrogens is 1. The molecule has 4 nitrogen and oxygen atoms in total. The molecule has 0 radical (unpaired) electrons. The number of halogens is 1. The minimum Gasteiger partial charge on any atom is -0.311 e. The van der Waals surface area contributed by atoms with E-state index in [0.717, 1.165) is 6.07 Å². The third-order valence-corrected chi connectivity index (χ3v) is 1.45. The van der Waals surface area contributed by atoms with E-state index in [2.05, 4.69) is 15.0 Å². The average molecular weight is 165 g/mol. The van der Waals surface area contributed by atoms with Crippen LogP contribution in [-0.4, -0.2) is 15.0 Å². The molecule has 0 aliphatic carbocycles. The molecule has 1 N–H and O–H groups in total. The fourth-order valence-electron chi connectivity index (χ4n) is 0.928. The van der Waals surface area contributed by atoms with Gasteiger partial charge in [-0.3, -0.25) is 4.79 Å². The number of aromatic amines is 1. The van der Waals surface area contributed by atoms with E-state index in [1.54, 1.807) is 0 Å². The van der Waals surface area contributed by atoms with E-state index in [9.17, 15) is 9.18 Å². The molecular formula is C7H4FN3O. The van der Waals surface area contributed by atoms with Crippen LogP contribution in [0.5, 0.6) is 0 Å².